The molecule has 0 saturated heterocycles. The van der Waals surface area contributed by atoms with Crippen LogP contribution in [0.2, 0.25) is 0 Å². The molecule has 0 aliphatic carbocycles. The van der Waals surface area contributed by atoms with Gasteiger partial charge in [0.2, 0.25) is 0 Å². The predicted octanol–water partition coefficient (Wildman–Crippen LogP) is -2.35. The SMILES string of the molecule is C=C(C)c1ccc(OC)cc1[NH+]([O-])[I-]O. The molecule has 5 heteroatoms. The quantitative estimate of drug-likeness (QED) is 0.371. The summed E-state index contributed by atoms with van der Waals surface area (Å²) in [5, 5.41) is 11.5. The summed E-state index contributed by atoms with van der Waals surface area (Å²) in [7, 11) is 1.54. The number of hydrogen-bond acceptors (Lipinski definition) is 3. The number of allylic oxidation sites excluding steroid dienone is 1. The van der Waals surface area contributed by atoms with Gasteiger partial charge in [-0.3, -0.25) is 0 Å². The van der Waals surface area contributed by atoms with Gasteiger partial charge in [0.1, 0.15) is 0 Å². The Balaban J connectivity index is 3.22. The van der Waals surface area contributed by atoms with Gasteiger partial charge in [0.05, 0.1) is 0 Å². The van der Waals surface area contributed by atoms with E-state index in [-0.39, 0.29) is 3.28 Å². The molecule has 0 radical (unpaired) electrons. The average Bonchev–Trinajstić information content (AvgIpc) is 2.26. The van der Waals surface area contributed by atoms with Crippen LogP contribution in [-0.4, -0.2) is 10.5 Å². The topological polar surface area (TPSA) is 57.0 Å². The third kappa shape index (κ3) is 2.91. The first-order valence-corrected chi connectivity index (χ1v) is 6.31. The summed E-state index contributed by atoms with van der Waals surface area (Å²) >= 11 is -1.43. The van der Waals surface area contributed by atoms with Crippen LogP contribution in [0.5, 0.6) is 5.75 Å². The summed E-state index contributed by atoms with van der Waals surface area (Å²) in [6, 6.07) is 5.20. The van der Waals surface area contributed by atoms with Gasteiger partial charge in [-0.05, 0) is 0 Å². The second-order valence-electron chi connectivity index (χ2n) is 3.05. The third-order valence-corrected chi connectivity index (χ3v) is 2.99. The van der Waals surface area contributed by atoms with Crippen LogP contribution in [0.1, 0.15) is 12.5 Å². The van der Waals surface area contributed by atoms with Crippen molar-refractivity contribution in [2.24, 2.45) is 0 Å². The molecule has 1 atom stereocenters. The van der Waals surface area contributed by atoms with Crippen LogP contribution in [0.15, 0.2) is 24.8 Å². The number of ether oxygens (including phenoxy) is 1. The van der Waals surface area contributed by atoms with Gasteiger partial charge >= 0.3 is 99.9 Å². The molecular formula is C10H13INO3-. The van der Waals surface area contributed by atoms with Crippen molar-refractivity contribution in [2.45, 2.75) is 6.92 Å². The first kappa shape index (κ1) is 12.4. The van der Waals surface area contributed by atoms with Gasteiger partial charge in [-0.15, -0.1) is 0 Å². The Bertz CT molecular complexity index is 368. The predicted molar refractivity (Wildman–Crippen MR) is 53.9 cm³/mol. The zero-order valence-electron chi connectivity index (χ0n) is 8.58. The Labute approximate surface area is 99.9 Å². The van der Waals surface area contributed by atoms with Crippen molar-refractivity contribution in [1.29, 1.82) is 0 Å². The maximum atomic E-state index is 11.5. The van der Waals surface area contributed by atoms with E-state index in [1.54, 1.807) is 18.2 Å². The molecule has 0 fully saturated rings. The fraction of sp³-hybridized carbons (Fsp3) is 0.200. The standard InChI is InChI=1S/C10H13INO3/c1-7(2)9-5-4-8(15-3)6-10(9)12(14)11-13/h4-6,12-13H,1H2,2-3H3/q-1. The minimum atomic E-state index is -1.43. The molecule has 84 valence electrons. The van der Waals surface area contributed by atoms with Crippen molar-refractivity contribution in [1.82, 2.24) is 0 Å². The van der Waals surface area contributed by atoms with E-state index < -0.39 is 21.9 Å². The van der Waals surface area contributed by atoms with Crippen LogP contribution in [-0.2, 0) is 0 Å². The summed E-state index contributed by atoms with van der Waals surface area (Å²) in [5.41, 5.74) is 2.07. The van der Waals surface area contributed by atoms with Crippen molar-refractivity contribution in [2.75, 3.05) is 7.11 Å². The Hall–Kier alpha value is -0.630. The molecule has 1 unspecified atom stereocenters. The van der Waals surface area contributed by atoms with Gasteiger partial charge < -0.3 is 0 Å². The molecular weight excluding hydrogens is 309 g/mol. The van der Waals surface area contributed by atoms with Gasteiger partial charge in [0.15, 0.2) is 0 Å². The van der Waals surface area contributed by atoms with Crippen molar-refractivity contribution < 1.29 is 33.3 Å². The second kappa shape index (κ2) is 5.45. The van der Waals surface area contributed by atoms with Crippen LogP contribution in [0, 0.1) is 5.21 Å². The number of rotatable bonds is 4. The molecule has 0 aliphatic rings. The summed E-state index contributed by atoms with van der Waals surface area (Å²) in [4.78, 5) is 0. The maximum absolute atomic E-state index is 11.5. The van der Waals surface area contributed by atoms with E-state index in [1.165, 1.54) is 7.11 Å². The van der Waals surface area contributed by atoms with Crippen LogP contribution in [0.4, 0.5) is 5.69 Å². The van der Waals surface area contributed by atoms with E-state index >= 15 is 0 Å². The van der Waals surface area contributed by atoms with Crippen molar-refractivity contribution >= 4 is 11.3 Å². The molecule has 15 heavy (non-hydrogen) atoms. The summed E-state index contributed by atoms with van der Waals surface area (Å²) < 4.78 is 13.8. The van der Waals surface area contributed by atoms with Gasteiger partial charge in [0.25, 0.3) is 0 Å². The van der Waals surface area contributed by atoms with Crippen LogP contribution in [0.3, 0.4) is 0 Å². The molecule has 0 bridgehead atoms. The van der Waals surface area contributed by atoms with E-state index in [0.29, 0.717) is 11.4 Å². The number of quaternary nitrogens is 1. The third-order valence-electron chi connectivity index (χ3n) is 1.98. The Kier molecular flexibility index (Phi) is 4.52. The number of benzene rings is 1. The van der Waals surface area contributed by atoms with Crippen molar-refractivity contribution in [3.63, 3.8) is 0 Å². The fourth-order valence-electron chi connectivity index (χ4n) is 1.23. The van der Waals surface area contributed by atoms with E-state index in [9.17, 15) is 5.21 Å². The molecule has 0 aromatic heterocycles. The van der Waals surface area contributed by atoms with E-state index in [2.05, 4.69) is 6.58 Å². The monoisotopic (exact) mass is 322 g/mol. The van der Waals surface area contributed by atoms with Crippen molar-refractivity contribution in [3.8, 4) is 5.75 Å². The molecule has 0 heterocycles. The summed E-state index contributed by atoms with van der Waals surface area (Å²) in [5.74, 6) is 0.612. The first-order valence-electron chi connectivity index (χ1n) is 4.27. The molecule has 0 spiro atoms. The number of nitrogens with one attached hydrogen (secondary N) is 1. The molecule has 4 nitrogen and oxygen atoms in total. The Morgan fingerprint density at radius 1 is 1.60 bits per heavy atom. The molecule has 1 aromatic rings. The molecule has 1 rings (SSSR count). The molecule has 1 aromatic carbocycles. The van der Waals surface area contributed by atoms with Crippen molar-refractivity contribution in [3.05, 3.63) is 35.5 Å². The Morgan fingerprint density at radius 3 is 2.73 bits per heavy atom. The van der Waals surface area contributed by atoms with Gasteiger partial charge in [-0.2, -0.15) is 0 Å². The van der Waals surface area contributed by atoms with E-state index in [1.807, 2.05) is 6.92 Å². The molecule has 0 amide bonds. The van der Waals surface area contributed by atoms with E-state index in [4.69, 9.17) is 8.17 Å². The van der Waals surface area contributed by atoms with Crippen LogP contribution >= 0.6 is 0 Å². The van der Waals surface area contributed by atoms with Gasteiger partial charge in [-0.25, -0.2) is 0 Å². The zero-order valence-corrected chi connectivity index (χ0v) is 10.7. The Morgan fingerprint density at radius 2 is 2.27 bits per heavy atom. The average molecular weight is 322 g/mol. The summed E-state index contributed by atoms with van der Waals surface area (Å²) in [6.45, 7) is 5.62. The van der Waals surface area contributed by atoms with E-state index in [0.717, 1.165) is 11.1 Å². The normalized spacial score (nSPS) is 12.5. The molecule has 2 N–H and O–H groups in total. The number of hydrogen-bond donors (Lipinski definition) is 2. The molecule has 0 saturated carbocycles. The summed E-state index contributed by atoms with van der Waals surface area (Å²) in [6.07, 6.45) is 0. The fourth-order valence-corrected chi connectivity index (χ4v) is 1.94. The van der Waals surface area contributed by atoms with Crippen LogP contribution in [0.25, 0.3) is 5.57 Å². The zero-order chi connectivity index (χ0) is 11.4. The molecule has 0 aliphatic heterocycles. The van der Waals surface area contributed by atoms with Crippen LogP contribution < -0.4 is 29.9 Å². The number of halogens is 1. The van der Waals surface area contributed by atoms with Gasteiger partial charge in [0, 0.05) is 0 Å². The first-order chi connectivity index (χ1) is 7.10. The minimum absolute atomic E-state index is 0.217. The van der Waals surface area contributed by atoms with Gasteiger partial charge in [-0.1, -0.05) is 0 Å². The number of methoxy groups -OCH3 is 1. The second-order valence-corrected chi connectivity index (χ2v) is 4.51.